The van der Waals surface area contributed by atoms with Crippen LogP contribution in [-0.4, -0.2) is 52.5 Å². The molecule has 1 aliphatic rings. The van der Waals surface area contributed by atoms with Crippen LogP contribution in [0, 0.1) is 6.92 Å². The summed E-state index contributed by atoms with van der Waals surface area (Å²) in [5.74, 6) is 1.22. The van der Waals surface area contributed by atoms with Crippen molar-refractivity contribution >= 4 is 17.6 Å². The van der Waals surface area contributed by atoms with E-state index in [0.717, 1.165) is 30.7 Å². The number of hydrogen-bond donors (Lipinski definition) is 2. The number of nitrogens with zero attached hydrogens (tertiary/aromatic N) is 1. The zero-order chi connectivity index (χ0) is 22.2. The minimum atomic E-state index is -0.355. The molecule has 8 heteroatoms. The van der Waals surface area contributed by atoms with Gasteiger partial charge in [0.25, 0.3) is 5.91 Å². The van der Waals surface area contributed by atoms with Crippen molar-refractivity contribution in [3.8, 4) is 17.2 Å². The van der Waals surface area contributed by atoms with Crippen LogP contribution in [0.4, 0.5) is 5.69 Å². The Morgan fingerprint density at radius 2 is 1.84 bits per heavy atom. The van der Waals surface area contributed by atoms with Gasteiger partial charge in [-0.05, 0) is 43.5 Å². The molecule has 1 unspecified atom stereocenters. The summed E-state index contributed by atoms with van der Waals surface area (Å²) in [6.07, 6.45) is 2.05. The molecule has 2 N–H and O–H groups in total. The largest absolute Gasteiger partial charge is 0.493 e. The second kappa shape index (κ2) is 10.7. The number of carbonyl (C=O) groups excluding carboxylic acids is 1. The molecule has 2 aromatic carbocycles. The maximum Gasteiger partial charge on any atom is 0.258 e. The number of carbonyl (C=O) groups is 1. The van der Waals surface area contributed by atoms with Gasteiger partial charge in [0, 0.05) is 17.9 Å². The summed E-state index contributed by atoms with van der Waals surface area (Å²) in [4.78, 5) is 17.6. The van der Waals surface area contributed by atoms with Crippen molar-refractivity contribution in [3.05, 3.63) is 47.5 Å². The summed E-state index contributed by atoms with van der Waals surface area (Å²) in [7, 11) is 4.53. The Labute approximate surface area is 182 Å². The molecule has 1 saturated heterocycles. The highest BCUT2D eigenvalue weighted by Gasteiger charge is 2.19. The Kier molecular flexibility index (Phi) is 7.72. The summed E-state index contributed by atoms with van der Waals surface area (Å²) in [5.41, 5.74) is 2.25. The van der Waals surface area contributed by atoms with E-state index in [1.165, 1.54) is 21.3 Å². The quantitative estimate of drug-likeness (QED) is 0.520. The topological polar surface area (TPSA) is 90.4 Å². The van der Waals surface area contributed by atoms with Gasteiger partial charge in [0.1, 0.15) is 0 Å². The second-order valence-corrected chi connectivity index (χ2v) is 7.13. The van der Waals surface area contributed by atoms with Crippen LogP contribution in [0.5, 0.6) is 17.2 Å². The van der Waals surface area contributed by atoms with Gasteiger partial charge in [-0.2, -0.15) is 0 Å². The van der Waals surface area contributed by atoms with E-state index >= 15 is 0 Å². The van der Waals surface area contributed by atoms with Gasteiger partial charge in [0.05, 0.1) is 34.0 Å². The van der Waals surface area contributed by atoms with E-state index in [1.54, 1.807) is 12.1 Å². The third-order valence-corrected chi connectivity index (χ3v) is 5.03. The third-order valence-electron chi connectivity index (χ3n) is 5.03. The number of aryl methyl sites for hydroxylation is 1. The fourth-order valence-corrected chi connectivity index (χ4v) is 3.32. The van der Waals surface area contributed by atoms with Crippen LogP contribution in [-0.2, 0) is 4.74 Å². The number of hydrogen-bond acceptors (Lipinski definition) is 6. The number of ether oxygens (including phenoxy) is 4. The first-order chi connectivity index (χ1) is 15.0. The number of rotatable bonds is 7. The third kappa shape index (κ3) is 5.67. The molecule has 8 nitrogen and oxygen atoms in total. The Balaban J connectivity index is 1.85. The molecule has 0 bridgehead atoms. The van der Waals surface area contributed by atoms with E-state index in [1.807, 2.05) is 31.2 Å². The number of amides is 1. The monoisotopic (exact) mass is 427 g/mol. The molecular weight excluding hydrogens is 398 g/mol. The minimum absolute atomic E-state index is 0.0618. The standard InChI is InChI=1S/C23H29N3O5/c1-15-8-5-6-10-18(15)25-23(24-14-17-9-7-11-31-17)26-22(27)16-12-19(28-2)21(30-4)20(13-16)29-3/h5-6,8,10,12-13,17H,7,9,11,14H2,1-4H3,(H2,24,25,26,27). The number of nitrogens with one attached hydrogen (secondary N) is 2. The Morgan fingerprint density at radius 1 is 1.13 bits per heavy atom. The summed E-state index contributed by atoms with van der Waals surface area (Å²) < 4.78 is 21.7. The van der Waals surface area contributed by atoms with Gasteiger partial charge >= 0.3 is 0 Å². The van der Waals surface area contributed by atoms with Crippen LogP contribution in [0.2, 0.25) is 0 Å². The number of aliphatic imine (C=N–C) groups is 1. The lowest BCUT2D eigenvalue weighted by molar-refractivity contribution is 0.0974. The lowest BCUT2D eigenvalue weighted by atomic mass is 10.1. The number of methoxy groups -OCH3 is 3. The molecule has 31 heavy (non-hydrogen) atoms. The van der Waals surface area contributed by atoms with Crippen LogP contribution >= 0.6 is 0 Å². The molecule has 1 amide bonds. The molecule has 1 heterocycles. The average molecular weight is 428 g/mol. The molecule has 0 spiro atoms. The molecule has 1 atom stereocenters. The summed E-state index contributed by atoms with van der Waals surface area (Å²) in [5, 5.41) is 6.09. The highest BCUT2D eigenvalue weighted by Crippen LogP contribution is 2.38. The summed E-state index contributed by atoms with van der Waals surface area (Å²) in [6, 6.07) is 11.0. The van der Waals surface area contributed by atoms with Crippen LogP contribution in [0.15, 0.2) is 41.4 Å². The maximum atomic E-state index is 13.0. The van der Waals surface area contributed by atoms with E-state index in [9.17, 15) is 4.79 Å². The number of guanidine groups is 1. The number of benzene rings is 2. The predicted octanol–water partition coefficient (Wildman–Crippen LogP) is 3.40. The Bertz CT molecular complexity index is 914. The van der Waals surface area contributed by atoms with E-state index in [4.69, 9.17) is 18.9 Å². The summed E-state index contributed by atoms with van der Waals surface area (Å²) >= 11 is 0. The van der Waals surface area contributed by atoms with E-state index in [2.05, 4.69) is 15.6 Å². The average Bonchev–Trinajstić information content (AvgIpc) is 3.31. The molecule has 1 fully saturated rings. The van der Waals surface area contributed by atoms with Gasteiger partial charge in [-0.25, -0.2) is 4.99 Å². The van der Waals surface area contributed by atoms with Crippen LogP contribution in [0.3, 0.4) is 0 Å². The van der Waals surface area contributed by atoms with Crippen molar-refractivity contribution in [2.45, 2.75) is 25.9 Å². The van der Waals surface area contributed by atoms with Crippen molar-refractivity contribution in [3.63, 3.8) is 0 Å². The molecule has 0 aromatic heterocycles. The van der Waals surface area contributed by atoms with Crippen molar-refractivity contribution in [1.82, 2.24) is 5.32 Å². The molecule has 2 aromatic rings. The molecule has 166 valence electrons. The van der Waals surface area contributed by atoms with Crippen molar-refractivity contribution < 1.29 is 23.7 Å². The first-order valence-corrected chi connectivity index (χ1v) is 10.2. The van der Waals surface area contributed by atoms with Crippen LogP contribution < -0.4 is 24.8 Å². The Hall–Kier alpha value is -3.26. The first kappa shape index (κ1) is 22.4. The van der Waals surface area contributed by atoms with Crippen molar-refractivity contribution in [2.75, 3.05) is 39.8 Å². The van der Waals surface area contributed by atoms with E-state index in [-0.39, 0.29) is 12.0 Å². The normalized spacial score (nSPS) is 16.0. The zero-order valence-electron chi connectivity index (χ0n) is 18.4. The van der Waals surface area contributed by atoms with E-state index in [0.29, 0.717) is 35.3 Å². The fraction of sp³-hybridized carbons (Fsp3) is 0.391. The molecule has 0 radical (unpaired) electrons. The zero-order valence-corrected chi connectivity index (χ0v) is 18.4. The lowest BCUT2D eigenvalue weighted by Crippen LogP contribution is -2.37. The predicted molar refractivity (Wildman–Crippen MR) is 120 cm³/mol. The molecule has 0 saturated carbocycles. The molecular formula is C23H29N3O5. The first-order valence-electron chi connectivity index (χ1n) is 10.2. The van der Waals surface area contributed by atoms with Crippen molar-refractivity contribution in [1.29, 1.82) is 0 Å². The minimum Gasteiger partial charge on any atom is -0.493 e. The van der Waals surface area contributed by atoms with Gasteiger partial charge in [-0.15, -0.1) is 0 Å². The second-order valence-electron chi connectivity index (χ2n) is 7.13. The van der Waals surface area contributed by atoms with Gasteiger partial charge in [0.15, 0.2) is 11.5 Å². The van der Waals surface area contributed by atoms with E-state index < -0.39 is 0 Å². The van der Waals surface area contributed by atoms with Crippen molar-refractivity contribution in [2.24, 2.45) is 4.99 Å². The van der Waals surface area contributed by atoms with Gasteiger partial charge in [-0.3, -0.25) is 10.1 Å². The highest BCUT2D eigenvalue weighted by molar-refractivity contribution is 6.10. The Morgan fingerprint density at radius 3 is 2.42 bits per heavy atom. The fourth-order valence-electron chi connectivity index (χ4n) is 3.32. The number of anilines is 1. The maximum absolute atomic E-state index is 13.0. The molecule has 0 aliphatic carbocycles. The SMILES string of the molecule is COc1cc(C(=O)NC(=NCC2CCCO2)Nc2ccccc2C)cc(OC)c1OC. The van der Waals surface area contributed by atoms with Crippen LogP contribution in [0.1, 0.15) is 28.8 Å². The molecule has 1 aliphatic heterocycles. The summed E-state index contributed by atoms with van der Waals surface area (Å²) in [6.45, 7) is 3.20. The lowest BCUT2D eigenvalue weighted by Gasteiger charge is -2.16. The highest BCUT2D eigenvalue weighted by atomic mass is 16.5. The van der Waals surface area contributed by atoms with Gasteiger partial charge in [-0.1, -0.05) is 18.2 Å². The van der Waals surface area contributed by atoms with Crippen LogP contribution in [0.25, 0.3) is 0 Å². The number of para-hydroxylation sites is 1. The van der Waals surface area contributed by atoms with Gasteiger partial charge in [0.2, 0.25) is 11.7 Å². The van der Waals surface area contributed by atoms with Gasteiger partial charge < -0.3 is 24.3 Å². The molecule has 3 rings (SSSR count). The smallest absolute Gasteiger partial charge is 0.258 e.